The highest BCUT2D eigenvalue weighted by Crippen LogP contribution is 2.22. The molecule has 8 nitrogen and oxygen atoms in total. The van der Waals surface area contributed by atoms with E-state index in [0.29, 0.717) is 26.1 Å². The Bertz CT molecular complexity index is 952. The molecule has 2 aromatic heterocycles. The molecule has 1 amide bonds. The summed E-state index contributed by atoms with van der Waals surface area (Å²) in [5.74, 6) is -0.191. The van der Waals surface area contributed by atoms with Gasteiger partial charge in [-0.25, -0.2) is 4.79 Å². The second-order valence-electron chi connectivity index (χ2n) is 6.98. The molecule has 10 heteroatoms. The van der Waals surface area contributed by atoms with Gasteiger partial charge in [-0.2, -0.15) is 0 Å². The van der Waals surface area contributed by atoms with Gasteiger partial charge in [0.2, 0.25) is 5.91 Å². The number of H-pyrrole nitrogens is 1. The first-order valence-electron chi connectivity index (χ1n) is 9.62. The minimum Gasteiger partial charge on any atom is -0.383 e. The van der Waals surface area contributed by atoms with Crippen molar-refractivity contribution >= 4 is 44.7 Å². The lowest BCUT2D eigenvalue weighted by Gasteiger charge is -2.26. The molecule has 0 aliphatic rings. The van der Waals surface area contributed by atoms with Crippen LogP contribution in [0, 0.1) is 0 Å². The fourth-order valence-electron chi connectivity index (χ4n) is 3.07. The molecule has 2 aromatic rings. The van der Waals surface area contributed by atoms with Crippen molar-refractivity contribution in [1.29, 1.82) is 0 Å². The summed E-state index contributed by atoms with van der Waals surface area (Å²) in [7, 11) is 1.85. The molecule has 0 unspecified atom stereocenters. The first-order chi connectivity index (χ1) is 13.8. The standard InChI is InChI=1S/C19H28BrN5O3S/c1-4-6-8-24(15(26)11-23(3)10-13-9-14(20)29-12-13)16-17(21)25(7-5-2)19(28)22-18(16)27/h9,12H,4-8,10-11,21H2,1-3H3,(H,22,27,28). The number of nitrogen functional groups attached to an aromatic ring is 1. The van der Waals surface area contributed by atoms with Crippen molar-refractivity contribution in [2.45, 2.75) is 46.2 Å². The van der Waals surface area contributed by atoms with Crippen molar-refractivity contribution in [3.05, 3.63) is 41.6 Å². The second-order valence-corrected chi connectivity index (χ2v) is 9.27. The highest BCUT2D eigenvalue weighted by atomic mass is 79.9. The number of nitrogens with two attached hydrogens (primary N) is 1. The Balaban J connectivity index is 2.31. The molecule has 2 rings (SSSR count). The minimum absolute atomic E-state index is 0.0365. The average Bonchev–Trinajstić information content (AvgIpc) is 3.05. The minimum atomic E-state index is -0.631. The van der Waals surface area contributed by atoms with Crippen LogP contribution in [0.4, 0.5) is 11.5 Å². The molecular formula is C19H28BrN5O3S. The number of carbonyl (C=O) groups excluding carboxylic acids is 1. The number of rotatable bonds is 10. The highest BCUT2D eigenvalue weighted by molar-refractivity contribution is 9.11. The molecular weight excluding hydrogens is 458 g/mol. The van der Waals surface area contributed by atoms with Gasteiger partial charge in [-0.05, 0) is 52.8 Å². The Morgan fingerprint density at radius 3 is 2.62 bits per heavy atom. The van der Waals surface area contributed by atoms with Crippen LogP contribution >= 0.6 is 27.3 Å². The van der Waals surface area contributed by atoms with Crippen molar-refractivity contribution in [3.63, 3.8) is 0 Å². The van der Waals surface area contributed by atoms with E-state index in [4.69, 9.17) is 5.73 Å². The third-order valence-corrected chi connectivity index (χ3v) is 6.00. The number of likely N-dealkylation sites (N-methyl/N-ethyl adjacent to an activating group) is 1. The van der Waals surface area contributed by atoms with Gasteiger partial charge < -0.3 is 10.6 Å². The van der Waals surface area contributed by atoms with Crippen molar-refractivity contribution in [2.75, 3.05) is 30.8 Å². The largest absolute Gasteiger partial charge is 0.383 e. The number of thiophene rings is 1. The Hall–Kier alpha value is -1.91. The van der Waals surface area contributed by atoms with Gasteiger partial charge in [0.05, 0.1) is 10.3 Å². The van der Waals surface area contributed by atoms with Crippen molar-refractivity contribution in [2.24, 2.45) is 0 Å². The number of carbonyl (C=O) groups is 1. The lowest BCUT2D eigenvalue weighted by atomic mass is 10.2. The summed E-state index contributed by atoms with van der Waals surface area (Å²) in [5, 5.41) is 2.03. The lowest BCUT2D eigenvalue weighted by molar-refractivity contribution is -0.119. The number of aromatic nitrogens is 2. The van der Waals surface area contributed by atoms with E-state index in [2.05, 4.69) is 20.9 Å². The summed E-state index contributed by atoms with van der Waals surface area (Å²) in [6.07, 6.45) is 2.26. The van der Waals surface area contributed by atoms with Gasteiger partial charge in [0.25, 0.3) is 5.56 Å². The Morgan fingerprint density at radius 2 is 2.03 bits per heavy atom. The zero-order valence-electron chi connectivity index (χ0n) is 17.0. The molecule has 0 saturated heterocycles. The Labute approximate surface area is 182 Å². The van der Waals surface area contributed by atoms with Gasteiger partial charge >= 0.3 is 5.69 Å². The highest BCUT2D eigenvalue weighted by Gasteiger charge is 2.24. The van der Waals surface area contributed by atoms with Gasteiger partial charge in [0.15, 0.2) is 5.69 Å². The molecule has 0 aromatic carbocycles. The van der Waals surface area contributed by atoms with Crippen LogP contribution < -0.4 is 21.9 Å². The van der Waals surface area contributed by atoms with E-state index in [1.807, 2.05) is 37.2 Å². The first-order valence-corrected chi connectivity index (χ1v) is 11.3. The van der Waals surface area contributed by atoms with Crippen LogP contribution in [-0.4, -0.2) is 40.5 Å². The molecule has 0 spiro atoms. The third kappa shape index (κ3) is 6.03. The Morgan fingerprint density at radius 1 is 1.31 bits per heavy atom. The molecule has 0 aliphatic carbocycles. The molecule has 0 saturated carbocycles. The monoisotopic (exact) mass is 485 g/mol. The number of nitrogens with one attached hydrogen (secondary N) is 1. The summed E-state index contributed by atoms with van der Waals surface area (Å²) < 4.78 is 2.35. The molecule has 29 heavy (non-hydrogen) atoms. The van der Waals surface area contributed by atoms with E-state index in [0.717, 1.165) is 22.2 Å². The fraction of sp³-hybridized carbons (Fsp3) is 0.526. The third-order valence-electron chi connectivity index (χ3n) is 4.45. The van der Waals surface area contributed by atoms with Crippen molar-refractivity contribution < 1.29 is 4.79 Å². The van der Waals surface area contributed by atoms with Gasteiger partial charge in [0, 0.05) is 19.6 Å². The predicted octanol–water partition coefficient (Wildman–Crippen LogP) is 2.62. The number of anilines is 2. The van der Waals surface area contributed by atoms with Crippen molar-refractivity contribution in [1.82, 2.24) is 14.5 Å². The van der Waals surface area contributed by atoms with Crippen LogP contribution in [-0.2, 0) is 17.9 Å². The number of unbranched alkanes of at least 4 members (excludes halogenated alkanes) is 1. The molecule has 0 radical (unpaired) electrons. The van der Waals surface area contributed by atoms with E-state index >= 15 is 0 Å². The SMILES string of the molecule is CCCCN(C(=O)CN(C)Cc1csc(Br)c1)c1c(N)n(CCC)c(=O)[nH]c1=O. The average molecular weight is 486 g/mol. The number of hydrogen-bond acceptors (Lipinski definition) is 6. The van der Waals surface area contributed by atoms with Crippen LogP contribution in [0.2, 0.25) is 0 Å². The molecule has 3 N–H and O–H groups in total. The van der Waals surface area contributed by atoms with E-state index in [1.54, 1.807) is 11.3 Å². The van der Waals surface area contributed by atoms with Gasteiger partial charge in [-0.3, -0.25) is 24.0 Å². The summed E-state index contributed by atoms with van der Waals surface area (Å²) in [6.45, 7) is 5.39. The zero-order chi connectivity index (χ0) is 21.6. The summed E-state index contributed by atoms with van der Waals surface area (Å²) >= 11 is 5.03. The van der Waals surface area contributed by atoms with Crippen molar-refractivity contribution in [3.8, 4) is 0 Å². The van der Waals surface area contributed by atoms with Crippen LogP contribution in [0.15, 0.2) is 24.8 Å². The molecule has 2 heterocycles. The second kappa shape index (κ2) is 10.7. The molecule has 0 bridgehead atoms. The van der Waals surface area contributed by atoms with Crippen LogP contribution in [0.1, 0.15) is 38.7 Å². The van der Waals surface area contributed by atoms with E-state index in [9.17, 15) is 14.4 Å². The first kappa shape index (κ1) is 23.4. The van der Waals surface area contributed by atoms with Crippen LogP contribution in [0.3, 0.4) is 0 Å². The van der Waals surface area contributed by atoms with E-state index < -0.39 is 11.2 Å². The number of aromatic amines is 1. The summed E-state index contributed by atoms with van der Waals surface area (Å²) in [4.78, 5) is 43.4. The number of nitrogens with zero attached hydrogens (tertiary/aromatic N) is 3. The van der Waals surface area contributed by atoms with Crippen LogP contribution in [0.5, 0.6) is 0 Å². The fourth-order valence-corrected chi connectivity index (χ4v) is 4.27. The summed E-state index contributed by atoms with van der Waals surface area (Å²) in [5.41, 5.74) is 6.15. The number of amides is 1. The maximum atomic E-state index is 13.1. The lowest BCUT2D eigenvalue weighted by Crippen LogP contribution is -2.45. The van der Waals surface area contributed by atoms with Gasteiger partial charge in [-0.1, -0.05) is 20.3 Å². The maximum absolute atomic E-state index is 13.1. The molecule has 0 fully saturated rings. The van der Waals surface area contributed by atoms with Gasteiger partial charge in [-0.15, -0.1) is 11.3 Å². The topological polar surface area (TPSA) is 104 Å². The molecule has 0 aliphatic heterocycles. The smallest absolute Gasteiger partial charge is 0.330 e. The predicted molar refractivity (Wildman–Crippen MR) is 122 cm³/mol. The number of hydrogen-bond donors (Lipinski definition) is 2. The molecule has 0 atom stereocenters. The summed E-state index contributed by atoms with van der Waals surface area (Å²) in [6, 6.07) is 2.02. The maximum Gasteiger partial charge on any atom is 0.330 e. The van der Waals surface area contributed by atoms with Gasteiger partial charge in [0.1, 0.15) is 5.82 Å². The normalized spacial score (nSPS) is 11.2. The van der Waals surface area contributed by atoms with E-state index in [1.165, 1.54) is 9.47 Å². The zero-order valence-corrected chi connectivity index (χ0v) is 19.4. The van der Waals surface area contributed by atoms with Crippen LogP contribution in [0.25, 0.3) is 0 Å². The quantitative estimate of drug-likeness (QED) is 0.537. The number of halogens is 1. The molecule has 160 valence electrons. The Kier molecular flexibility index (Phi) is 8.66. The van der Waals surface area contributed by atoms with E-state index in [-0.39, 0.29) is 24.0 Å².